The number of hydrogen-bond acceptors (Lipinski definition) is 3. The van der Waals surface area contributed by atoms with Crippen molar-refractivity contribution in [3.8, 4) is 0 Å². The minimum atomic E-state index is 0.275. The predicted molar refractivity (Wildman–Crippen MR) is 92.3 cm³/mol. The number of benzene rings is 1. The fourth-order valence-electron chi connectivity index (χ4n) is 4.24. The van der Waals surface area contributed by atoms with Crippen molar-refractivity contribution < 1.29 is 4.79 Å². The van der Waals surface area contributed by atoms with Gasteiger partial charge in [0.1, 0.15) is 0 Å². The van der Waals surface area contributed by atoms with E-state index in [9.17, 15) is 4.79 Å². The zero-order valence-corrected chi connectivity index (χ0v) is 14.1. The maximum Gasteiger partial charge on any atom is 0.227 e. The maximum absolute atomic E-state index is 12.7. The number of amides is 1. The third-order valence-corrected chi connectivity index (χ3v) is 5.35. The average molecular weight is 324 g/mol. The fraction of sp³-hybridized carbons (Fsp3) is 0.474. The van der Waals surface area contributed by atoms with E-state index in [2.05, 4.69) is 21.1 Å². The van der Waals surface area contributed by atoms with Gasteiger partial charge in [-0.25, -0.2) is 0 Å². The SMILES string of the molecule is Cn1cc(CN2CC[C@@H]3[C@@H]2CCN3C(=O)Cc2ccccc2)cn1. The van der Waals surface area contributed by atoms with Crippen molar-refractivity contribution in [2.24, 2.45) is 7.05 Å². The number of nitrogens with zero attached hydrogens (tertiary/aromatic N) is 4. The molecule has 24 heavy (non-hydrogen) atoms. The number of aromatic nitrogens is 2. The Hall–Kier alpha value is -2.14. The molecule has 5 nitrogen and oxygen atoms in total. The number of aryl methyl sites for hydroxylation is 1. The molecule has 1 aromatic heterocycles. The van der Waals surface area contributed by atoms with Gasteiger partial charge in [0.25, 0.3) is 0 Å². The molecule has 0 aliphatic carbocycles. The van der Waals surface area contributed by atoms with Gasteiger partial charge >= 0.3 is 0 Å². The highest BCUT2D eigenvalue weighted by Crippen LogP contribution is 2.33. The van der Waals surface area contributed by atoms with E-state index in [-0.39, 0.29) is 5.91 Å². The largest absolute Gasteiger partial charge is 0.338 e. The first-order valence-electron chi connectivity index (χ1n) is 8.75. The zero-order chi connectivity index (χ0) is 16.5. The van der Waals surface area contributed by atoms with E-state index < -0.39 is 0 Å². The van der Waals surface area contributed by atoms with Gasteiger partial charge in [0.05, 0.1) is 12.6 Å². The summed E-state index contributed by atoms with van der Waals surface area (Å²) in [6.45, 7) is 2.90. The molecule has 2 aromatic rings. The van der Waals surface area contributed by atoms with E-state index in [1.807, 2.05) is 48.3 Å². The molecule has 1 amide bonds. The molecule has 126 valence electrons. The summed E-state index contributed by atoms with van der Waals surface area (Å²) in [5.41, 5.74) is 2.36. The average Bonchev–Trinajstić information content (AvgIpc) is 3.26. The number of likely N-dealkylation sites (tertiary alicyclic amines) is 2. The standard InChI is InChI=1S/C19H24N4O/c1-21-13-16(12-20-21)14-22-9-7-18-17(22)8-10-23(18)19(24)11-15-5-3-2-4-6-15/h2-6,12-13,17-18H,7-11,14H2,1H3/t17-,18+/m0/s1. The highest BCUT2D eigenvalue weighted by Gasteiger charge is 2.43. The van der Waals surface area contributed by atoms with Crippen LogP contribution in [-0.2, 0) is 24.8 Å². The molecule has 4 rings (SSSR count). The van der Waals surface area contributed by atoms with Crippen LogP contribution < -0.4 is 0 Å². The predicted octanol–water partition coefficient (Wildman–Crippen LogP) is 1.84. The molecule has 0 saturated carbocycles. The molecule has 0 bridgehead atoms. The molecule has 2 saturated heterocycles. The summed E-state index contributed by atoms with van der Waals surface area (Å²) in [5, 5.41) is 4.26. The molecule has 2 aliphatic heterocycles. The Morgan fingerprint density at radius 2 is 1.92 bits per heavy atom. The molecule has 0 unspecified atom stereocenters. The summed E-state index contributed by atoms with van der Waals surface area (Å²) in [6.07, 6.45) is 6.73. The Balaban J connectivity index is 1.40. The molecule has 0 radical (unpaired) electrons. The van der Waals surface area contributed by atoms with Crippen LogP contribution >= 0.6 is 0 Å². The summed E-state index contributed by atoms with van der Waals surface area (Å²) < 4.78 is 1.85. The van der Waals surface area contributed by atoms with Crippen LogP contribution in [0.5, 0.6) is 0 Å². The first kappa shape index (κ1) is 15.4. The minimum absolute atomic E-state index is 0.275. The van der Waals surface area contributed by atoms with Gasteiger partial charge in [-0.1, -0.05) is 30.3 Å². The van der Waals surface area contributed by atoms with Crippen molar-refractivity contribution >= 4 is 5.91 Å². The van der Waals surface area contributed by atoms with E-state index in [1.54, 1.807) is 0 Å². The summed E-state index contributed by atoms with van der Waals surface area (Å²) in [5.74, 6) is 0.275. The Morgan fingerprint density at radius 3 is 2.67 bits per heavy atom. The van der Waals surface area contributed by atoms with E-state index in [1.165, 1.54) is 5.56 Å². The number of hydrogen-bond donors (Lipinski definition) is 0. The van der Waals surface area contributed by atoms with Gasteiger partial charge in [0.2, 0.25) is 5.91 Å². The molecule has 3 heterocycles. The van der Waals surface area contributed by atoms with Gasteiger partial charge in [-0.2, -0.15) is 5.10 Å². The molecular formula is C19H24N4O. The van der Waals surface area contributed by atoms with Crippen molar-refractivity contribution in [3.05, 3.63) is 53.9 Å². The summed E-state index contributed by atoms with van der Waals surface area (Å²) in [7, 11) is 1.95. The second-order valence-corrected chi connectivity index (χ2v) is 6.95. The Kier molecular flexibility index (Phi) is 4.10. The van der Waals surface area contributed by atoms with Crippen molar-refractivity contribution in [2.45, 2.75) is 37.9 Å². The van der Waals surface area contributed by atoms with Crippen LogP contribution in [0.15, 0.2) is 42.7 Å². The first-order chi connectivity index (χ1) is 11.7. The Morgan fingerprint density at radius 1 is 1.12 bits per heavy atom. The Bertz CT molecular complexity index is 711. The normalized spacial score (nSPS) is 23.6. The Labute approximate surface area is 142 Å². The molecule has 0 spiro atoms. The van der Waals surface area contributed by atoms with Crippen LogP contribution in [0, 0.1) is 0 Å². The molecule has 2 fully saturated rings. The van der Waals surface area contributed by atoms with Crippen molar-refractivity contribution in [1.82, 2.24) is 19.6 Å². The molecule has 0 N–H and O–H groups in total. The van der Waals surface area contributed by atoms with Gasteiger partial charge in [-0.05, 0) is 18.4 Å². The lowest BCUT2D eigenvalue weighted by atomic mass is 10.1. The molecule has 2 aliphatic rings. The van der Waals surface area contributed by atoms with Gasteiger partial charge < -0.3 is 4.90 Å². The van der Waals surface area contributed by atoms with E-state index >= 15 is 0 Å². The van der Waals surface area contributed by atoms with Crippen LogP contribution in [-0.4, -0.2) is 50.7 Å². The van der Waals surface area contributed by atoms with Gasteiger partial charge in [-0.15, -0.1) is 0 Å². The first-order valence-corrected chi connectivity index (χ1v) is 8.75. The number of rotatable bonds is 4. The topological polar surface area (TPSA) is 41.4 Å². The summed E-state index contributed by atoms with van der Waals surface area (Å²) in [6, 6.07) is 11.0. The lowest BCUT2D eigenvalue weighted by Crippen LogP contribution is -2.40. The number of carbonyl (C=O) groups is 1. The van der Waals surface area contributed by atoms with E-state index in [4.69, 9.17) is 0 Å². The smallest absolute Gasteiger partial charge is 0.227 e. The van der Waals surface area contributed by atoms with Crippen LogP contribution in [0.25, 0.3) is 0 Å². The molecular weight excluding hydrogens is 300 g/mol. The third kappa shape index (κ3) is 2.96. The van der Waals surface area contributed by atoms with Crippen molar-refractivity contribution in [2.75, 3.05) is 13.1 Å². The second kappa shape index (κ2) is 6.40. The fourth-order valence-corrected chi connectivity index (χ4v) is 4.24. The van der Waals surface area contributed by atoms with Crippen LogP contribution in [0.1, 0.15) is 24.0 Å². The third-order valence-electron chi connectivity index (χ3n) is 5.35. The van der Waals surface area contributed by atoms with Gasteiger partial charge in [0.15, 0.2) is 0 Å². The lowest BCUT2D eigenvalue weighted by Gasteiger charge is -2.25. The van der Waals surface area contributed by atoms with Gasteiger partial charge in [-0.3, -0.25) is 14.4 Å². The monoisotopic (exact) mass is 324 g/mol. The molecule has 5 heteroatoms. The second-order valence-electron chi connectivity index (χ2n) is 6.95. The van der Waals surface area contributed by atoms with E-state index in [0.717, 1.165) is 38.0 Å². The zero-order valence-electron chi connectivity index (χ0n) is 14.1. The van der Waals surface area contributed by atoms with Gasteiger partial charge in [0, 0.05) is 50.5 Å². The van der Waals surface area contributed by atoms with Crippen LogP contribution in [0.4, 0.5) is 0 Å². The van der Waals surface area contributed by atoms with Crippen LogP contribution in [0.3, 0.4) is 0 Å². The highest BCUT2D eigenvalue weighted by atomic mass is 16.2. The summed E-state index contributed by atoms with van der Waals surface area (Å²) in [4.78, 5) is 17.4. The summed E-state index contributed by atoms with van der Waals surface area (Å²) >= 11 is 0. The van der Waals surface area contributed by atoms with Crippen LogP contribution in [0.2, 0.25) is 0 Å². The highest BCUT2D eigenvalue weighted by molar-refractivity contribution is 5.79. The lowest BCUT2D eigenvalue weighted by molar-refractivity contribution is -0.131. The molecule has 2 atom stereocenters. The maximum atomic E-state index is 12.7. The van der Waals surface area contributed by atoms with E-state index in [0.29, 0.717) is 18.5 Å². The number of fused-ring (bicyclic) bond motifs is 1. The minimum Gasteiger partial charge on any atom is -0.338 e. The number of carbonyl (C=O) groups excluding carboxylic acids is 1. The molecule has 1 aromatic carbocycles. The quantitative estimate of drug-likeness (QED) is 0.862. The van der Waals surface area contributed by atoms with Crippen molar-refractivity contribution in [3.63, 3.8) is 0 Å². The van der Waals surface area contributed by atoms with Crippen molar-refractivity contribution in [1.29, 1.82) is 0 Å².